The SMILES string of the molecule is CC(C)[Si](O[C@@H]1C[C@]23O[C@@]1(C)C=C[C@H]2CCC[C@H]3C)(C(C)C)C(C)C. The molecule has 2 bridgehead atoms. The Morgan fingerprint density at radius 2 is 1.64 bits per heavy atom. The van der Waals surface area contributed by atoms with Gasteiger partial charge in [0.15, 0.2) is 0 Å². The van der Waals surface area contributed by atoms with Crippen molar-refractivity contribution in [2.45, 2.75) is 115 Å². The predicted molar refractivity (Wildman–Crippen MR) is 108 cm³/mol. The summed E-state index contributed by atoms with van der Waals surface area (Å²) in [4.78, 5) is 0. The van der Waals surface area contributed by atoms with Gasteiger partial charge in [0.25, 0.3) is 0 Å². The van der Waals surface area contributed by atoms with Gasteiger partial charge in [-0.25, -0.2) is 0 Å². The molecule has 3 heteroatoms. The summed E-state index contributed by atoms with van der Waals surface area (Å²) in [5.41, 5.74) is 1.66. The molecule has 3 aliphatic rings. The number of ether oxygens (including phenoxy) is 1. The third kappa shape index (κ3) is 2.80. The van der Waals surface area contributed by atoms with Crippen molar-refractivity contribution in [3.63, 3.8) is 0 Å². The van der Waals surface area contributed by atoms with E-state index in [1.807, 2.05) is 0 Å². The lowest BCUT2D eigenvalue weighted by molar-refractivity contribution is -0.154. The van der Waals surface area contributed by atoms with Gasteiger partial charge in [0, 0.05) is 12.3 Å². The average molecular weight is 365 g/mol. The first kappa shape index (κ1) is 19.6. The Morgan fingerprint density at radius 1 is 1.04 bits per heavy atom. The lowest BCUT2D eigenvalue weighted by Crippen LogP contribution is -2.53. The molecule has 0 aromatic carbocycles. The molecule has 1 spiro atoms. The van der Waals surface area contributed by atoms with Crippen LogP contribution in [0.4, 0.5) is 0 Å². The number of hydrogen-bond acceptors (Lipinski definition) is 2. The van der Waals surface area contributed by atoms with Crippen LogP contribution in [0.1, 0.15) is 81.1 Å². The Hall–Kier alpha value is -0.123. The van der Waals surface area contributed by atoms with Gasteiger partial charge in [-0.15, -0.1) is 0 Å². The standard InChI is InChI=1S/C22H40O2Si/c1-15(2)25(16(3)4,17(5)6)23-20-14-22-18(7)10-9-11-19(22)12-13-21(20,8)24-22/h12-13,15-20H,9-11,14H2,1-8H3/t18-,19-,20-,21+,22-/m1/s1. The molecule has 0 amide bonds. The summed E-state index contributed by atoms with van der Waals surface area (Å²) in [6, 6.07) is 0. The summed E-state index contributed by atoms with van der Waals surface area (Å²) < 4.78 is 14.2. The molecule has 3 rings (SSSR count). The van der Waals surface area contributed by atoms with Crippen LogP contribution in [-0.2, 0) is 9.16 Å². The molecule has 1 saturated heterocycles. The molecular formula is C22H40O2Si. The zero-order chi connectivity index (χ0) is 18.6. The molecule has 1 saturated carbocycles. The van der Waals surface area contributed by atoms with E-state index >= 15 is 0 Å². The second-order valence-corrected chi connectivity index (χ2v) is 15.6. The largest absolute Gasteiger partial charge is 0.410 e. The summed E-state index contributed by atoms with van der Waals surface area (Å²) in [5.74, 6) is 1.23. The van der Waals surface area contributed by atoms with Gasteiger partial charge in [0.05, 0.1) is 11.7 Å². The lowest BCUT2D eigenvalue weighted by atomic mass is 9.67. The van der Waals surface area contributed by atoms with E-state index < -0.39 is 8.32 Å². The van der Waals surface area contributed by atoms with Crippen molar-refractivity contribution >= 4 is 8.32 Å². The Balaban J connectivity index is 1.95. The van der Waals surface area contributed by atoms with Crippen LogP contribution in [0.5, 0.6) is 0 Å². The van der Waals surface area contributed by atoms with Crippen molar-refractivity contribution in [2.75, 3.05) is 0 Å². The van der Waals surface area contributed by atoms with Gasteiger partial charge in [-0.3, -0.25) is 0 Å². The number of hydrogen-bond donors (Lipinski definition) is 0. The topological polar surface area (TPSA) is 18.5 Å². The Kier molecular flexibility index (Phi) is 5.10. The Morgan fingerprint density at radius 3 is 2.20 bits per heavy atom. The zero-order valence-corrected chi connectivity index (χ0v) is 18.8. The van der Waals surface area contributed by atoms with Crippen LogP contribution >= 0.6 is 0 Å². The molecule has 0 unspecified atom stereocenters. The lowest BCUT2D eigenvalue weighted by Gasteiger charge is -2.48. The van der Waals surface area contributed by atoms with E-state index in [4.69, 9.17) is 9.16 Å². The third-order valence-corrected chi connectivity index (χ3v) is 14.0. The van der Waals surface area contributed by atoms with Gasteiger partial charge in [-0.05, 0) is 42.3 Å². The highest BCUT2D eigenvalue weighted by Crippen LogP contribution is 2.58. The molecule has 0 aromatic rings. The molecule has 1 aliphatic carbocycles. The maximum absolute atomic E-state index is 7.26. The van der Waals surface area contributed by atoms with Gasteiger partial charge >= 0.3 is 0 Å². The molecular weight excluding hydrogens is 324 g/mol. The van der Waals surface area contributed by atoms with Crippen LogP contribution in [0.15, 0.2) is 12.2 Å². The van der Waals surface area contributed by atoms with E-state index in [0.29, 0.717) is 28.5 Å². The highest BCUT2D eigenvalue weighted by Gasteiger charge is 2.63. The van der Waals surface area contributed by atoms with E-state index in [1.54, 1.807) is 0 Å². The van der Waals surface area contributed by atoms with Crippen LogP contribution in [-0.4, -0.2) is 25.6 Å². The van der Waals surface area contributed by atoms with Gasteiger partial charge in [0.1, 0.15) is 5.60 Å². The summed E-state index contributed by atoms with van der Waals surface area (Å²) in [7, 11) is -1.90. The molecule has 0 radical (unpaired) electrons. The van der Waals surface area contributed by atoms with Crippen LogP contribution < -0.4 is 0 Å². The third-order valence-electron chi connectivity index (χ3n) is 7.88. The van der Waals surface area contributed by atoms with Gasteiger partial charge < -0.3 is 9.16 Å². The molecule has 144 valence electrons. The summed E-state index contributed by atoms with van der Waals surface area (Å²) in [6.07, 6.45) is 10.1. The second kappa shape index (κ2) is 6.49. The van der Waals surface area contributed by atoms with Gasteiger partial charge in [-0.1, -0.05) is 67.0 Å². The molecule has 2 aliphatic heterocycles. The van der Waals surface area contributed by atoms with E-state index in [1.165, 1.54) is 19.3 Å². The van der Waals surface area contributed by atoms with Crippen LogP contribution in [0.2, 0.25) is 16.6 Å². The fourth-order valence-corrected chi connectivity index (χ4v) is 12.2. The first-order valence-corrected chi connectivity index (χ1v) is 12.8. The molecule has 2 heterocycles. The fraction of sp³-hybridized carbons (Fsp3) is 0.909. The highest BCUT2D eigenvalue weighted by molar-refractivity contribution is 6.77. The molecule has 0 N–H and O–H groups in total. The van der Waals surface area contributed by atoms with Crippen LogP contribution in [0, 0.1) is 11.8 Å². The second-order valence-electron chi connectivity index (χ2n) is 10.2. The predicted octanol–water partition coefficient (Wildman–Crippen LogP) is 6.47. The maximum atomic E-state index is 7.26. The molecule has 25 heavy (non-hydrogen) atoms. The van der Waals surface area contributed by atoms with Gasteiger partial charge in [0.2, 0.25) is 8.32 Å². The van der Waals surface area contributed by atoms with Crippen molar-refractivity contribution in [1.29, 1.82) is 0 Å². The first-order chi connectivity index (χ1) is 11.6. The molecule has 2 nitrogen and oxygen atoms in total. The van der Waals surface area contributed by atoms with Crippen LogP contribution in [0.25, 0.3) is 0 Å². The Labute approximate surface area is 156 Å². The van der Waals surface area contributed by atoms with Gasteiger partial charge in [-0.2, -0.15) is 0 Å². The van der Waals surface area contributed by atoms with Crippen molar-refractivity contribution < 1.29 is 9.16 Å². The van der Waals surface area contributed by atoms with E-state index in [2.05, 4.69) is 67.5 Å². The molecule has 2 fully saturated rings. The van der Waals surface area contributed by atoms with Crippen molar-refractivity contribution in [2.24, 2.45) is 11.8 Å². The molecule has 0 aromatic heterocycles. The summed E-state index contributed by atoms with van der Waals surface area (Å²) >= 11 is 0. The van der Waals surface area contributed by atoms with E-state index in [9.17, 15) is 0 Å². The summed E-state index contributed by atoms with van der Waals surface area (Å²) in [5, 5.41) is 0. The zero-order valence-electron chi connectivity index (χ0n) is 17.8. The monoisotopic (exact) mass is 364 g/mol. The van der Waals surface area contributed by atoms with E-state index in [0.717, 1.165) is 6.42 Å². The van der Waals surface area contributed by atoms with Crippen molar-refractivity contribution in [1.82, 2.24) is 0 Å². The highest BCUT2D eigenvalue weighted by atomic mass is 28.4. The number of rotatable bonds is 5. The van der Waals surface area contributed by atoms with Crippen molar-refractivity contribution in [3.8, 4) is 0 Å². The van der Waals surface area contributed by atoms with Crippen LogP contribution in [0.3, 0.4) is 0 Å². The maximum Gasteiger partial charge on any atom is 0.200 e. The average Bonchev–Trinajstić information content (AvgIpc) is 2.73. The quantitative estimate of drug-likeness (QED) is 0.411. The number of fused-ring (bicyclic) bond motifs is 1. The normalized spacial score (nSPS) is 41.0. The Bertz CT molecular complexity index is 504. The minimum atomic E-state index is -1.90. The smallest absolute Gasteiger partial charge is 0.200 e. The minimum Gasteiger partial charge on any atom is -0.410 e. The van der Waals surface area contributed by atoms with E-state index in [-0.39, 0.29) is 17.3 Å². The fourth-order valence-electron chi connectivity index (χ4n) is 6.56. The minimum absolute atomic E-state index is 0.0253. The first-order valence-electron chi connectivity index (χ1n) is 10.7. The molecule has 5 atom stereocenters. The van der Waals surface area contributed by atoms with Crippen molar-refractivity contribution in [3.05, 3.63) is 12.2 Å². The summed E-state index contributed by atoms with van der Waals surface area (Å²) in [6.45, 7) is 19.0.